The van der Waals surface area contributed by atoms with Crippen LogP contribution in [0.25, 0.3) is 10.4 Å². The Morgan fingerprint density at radius 1 is 1.13 bits per heavy atom. The van der Waals surface area contributed by atoms with Crippen molar-refractivity contribution in [1.82, 2.24) is 20.4 Å². The molecule has 252 valence electrons. The zero-order chi connectivity index (χ0) is 33.3. The first kappa shape index (κ1) is 35.3. The maximum atomic E-state index is 14.4. The highest BCUT2D eigenvalue weighted by molar-refractivity contribution is 7.13. The number of hydrogen-bond acceptors (Lipinski definition) is 11. The van der Waals surface area contributed by atoms with Gasteiger partial charge in [-0.2, -0.15) is 0 Å². The fraction of sp³-hybridized carbons (Fsp3) is 0.576. The second-order valence-corrected chi connectivity index (χ2v) is 12.6. The van der Waals surface area contributed by atoms with E-state index in [4.69, 9.17) is 29.2 Å². The molecule has 0 spiro atoms. The average Bonchev–Trinajstić information content (AvgIpc) is 3.80. The summed E-state index contributed by atoms with van der Waals surface area (Å²) in [7, 11) is 3.48. The molecular formula is C33H47N5O7S. The maximum Gasteiger partial charge on any atom is 0.254 e. The molecule has 46 heavy (non-hydrogen) atoms. The Morgan fingerprint density at radius 3 is 2.52 bits per heavy atom. The molecule has 3 atom stereocenters. The van der Waals surface area contributed by atoms with Crippen molar-refractivity contribution in [2.45, 2.75) is 57.9 Å². The summed E-state index contributed by atoms with van der Waals surface area (Å²) >= 11 is 1.56. The summed E-state index contributed by atoms with van der Waals surface area (Å²) in [6.45, 7) is 11.2. The highest BCUT2D eigenvalue weighted by Crippen LogP contribution is 2.47. The number of nitrogens with one attached hydrogen (secondary N) is 1. The van der Waals surface area contributed by atoms with Crippen LogP contribution in [0.3, 0.4) is 0 Å². The number of likely N-dealkylation sites (N-methyl/N-ethyl adjacent to an activating group) is 1. The van der Waals surface area contributed by atoms with Crippen LogP contribution in [0.1, 0.15) is 62.5 Å². The minimum atomic E-state index is -1.26. The molecule has 12 nitrogen and oxygen atoms in total. The molecule has 3 aromatic rings. The molecule has 0 bridgehead atoms. The van der Waals surface area contributed by atoms with Crippen molar-refractivity contribution in [3.8, 4) is 22.1 Å². The number of aromatic nitrogens is 2. The van der Waals surface area contributed by atoms with Crippen LogP contribution < -0.4 is 20.5 Å². The number of primary amides is 1. The number of ether oxygens (including phenoxy) is 4. The first-order chi connectivity index (χ1) is 22.1. The number of carbonyl (C=O) groups is 2. The van der Waals surface area contributed by atoms with Gasteiger partial charge in [0.25, 0.3) is 5.88 Å². The highest BCUT2D eigenvalue weighted by atomic mass is 32.1. The molecule has 2 amide bonds. The Morgan fingerprint density at radius 2 is 1.87 bits per heavy atom. The molecule has 0 aliphatic carbocycles. The third kappa shape index (κ3) is 7.71. The Bertz CT molecular complexity index is 1440. The largest absolute Gasteiger partial charge is 0.496 e. The number of carbonyl (C=O) groups excluding carboxylic acids is 2. The van der Waals surface area contributed by atoms with Crippen LogP contribution in [-0.4, -0.2) is 92.7 Å². The molecule has 1 aliphatic heterocycles. The quantitative estimate of drug-likeness (QED) is 0.191. The van der Waals surface area contributed by atoms with E-state index in [1.54, 1.807) is 29.4 Å². The van der Waals surface area contributed by atoms with E-state index >= 15 is 0 Å². The second kappa shape index (κ2) is 16.3. The topological polar surface area (TPSA) is 151 Å². The van der Waals surface area contributed by atoms with Crippen molar-refractivity contribution < 1.29 is 33.1 Å². The van der Waals surface area contributed by atoms with Gasteiger partial charge in [-0.05, 0) is 55.1 Å². The summed E-state index contributed by atoms with van der Waals surface area (Å²) in [5.74, 6) is -0.826. The normalized spacial score (nSPS) is 17.8. The molecule has 1 unspecified atom stereocenters. The Kier molecular flexibility index (Phi) is 12.6. The number of hydrogen-bond donors (Lipinski definition) is 2. The van der Waals surface area contributed by atoms with E-state index in [1.807, 2.05) is 58.5 Å². The van der Waals surface area contributed by atoms with Gasteiger partial charge in [0.15, 0.2) is 5.76 Å². The monoisotopic (exact) mass is 657 g/mol. The van der Waals surface area contributed by atoms with Crippen molar-refractivity contribution in [2.24, 2.45) is 11.7 Å². The van der Waals surface area contributed by atoms with Gasteiger partial charge in [-0.3, -0.25) is 9.59 Å². The molecular weight excluding hydrogens is 610 g/mol. The van der Waals surface area contributed by atoms with Gasteiger partial charge in [-0.15, -0.1) is 11.3 Å². The molecule has 4 rings (SSSR count). The molecule has 0 saturated carbocycles. The van der Waals surface area contributed by atoms with Crippen LogP contribution in [0.2, 0.25) is 0 Å². The fourth-order valence-electron chi connectivity index (χ4n) is 6.21. The van der Waals surface area contributed by atoms with E-state index in [1.165, 1.54) is 0 Å². The summed E-state index contributed by atoms with van der Waals surface area (Å²) in [5, 5.41) is 7.06. The first-order valence-electron chi connectivity index (χ1n) is 15.7. The predicted molar refractivity (Wildman–Crippen MR) is 175 cm³/mol. The van der Waals surface area contributed by atoms with Crippen molar-refractivity contribution in [1.29, 1.82) is 0 Å². The van der Waals surface area contributed by atoms with E-state index in [-0.39, 0.29) is 24.3 Å². The number of aryl methyl sites for hydroxylation is 1. The second-order valence-electron chi connectivity index (χ2n) is 11.8. The van der Waals surface area contributed by atoms with Gasteiger partial charge in [0.2, 0.25) is 11.8 Å². The number of thiazole rings is 1. The molecule has 1 aromatic carbocycles. The standard InChI is InChI=1S/C33H47N5O7S/c1-21(2)29(27-19-28(37-45-27)44-17-16-43-15-14-42-13-11-35-5)31(39)38-12-7-10-33(38,32(34)40)22(3)25-9-8-24(18-26(25)41-6)30-23(4)36-20-46-30/h8-9,18-22,29,35H,7,10-17H2,1-6H3,(H2,34,40)/t22-,29-,33?/m0/s1. The molecule has 3 N–H and O–H groups in total. The summed E-state index contributed by atoms with van der Waals surface area (Å²) in [6.07, 6.45) is 1.07. The highest BCUT2D eigenvalue weighted by Gasteiger charge is 2.54. The van der Waals surface area contributed by atoms with Crippen LogP contribution in [0.5, 0.6) is 11.6 Å². The minimum absolute atomic E-state index is 0.155. The summed E-state index contributed by atoms with van der Waals surface area (Å²) in [6, 6.07) is 7.56. The van der Waals surface area contributed by atoms with E-state index < -0.39 is 23.3 Å². The van der Waals surface area contributed by atoms with Gasteiger partial charge in [0.1, 0.15) is 23.8 Å². The molecule has 1 saturated heterocycles. The van der Waals surface area contributed by atoms with Gasteiger partial charge < -0.3 is 39.4 Å². The Labute approximate surface area is 274 Å². The zero-order valence-corrected chi connectivity index (χ0v) is 28.5. The first-order valence-corrected chi connectivity index (χ1v) is 16.6. The SMILES string of the molecule is CNCCOCCOCCOc1cc([C@@H](C(=O)N2CCCC2(C(N)=O)[C@@H](C)c2ccc(-c3scnc3C)cc2OC)C(C)C)on1. The molecule has 0 radical (unpaired) electrons. The lowest BCUT2D eigenvalue weighted by Gasteiger charge is -2.42. The number of rotatable bonds is 18. The predicted octanol–water partition coefficient (Wildman–Crippen LogP) is 4.14. The van der Waals surface area contributed by atoms with Crippen LogP contribution in [0.4, 0.5) is 0 Å². The molecule has 2 aromatic heterocycles. The van der Waals surface area contributed by atoms with E-state index in [2.05, 4.69) is 15.5 Å². The molecule has 13 heteroatoms. The van der Waals surface area contributed by atoms with Crippen molar-refractivity contribution in [2.75, 3.05) is 60.3 Å². The number of amides is 2. The van der Waals surface area contributed by atoms with Gasteiger partial charge in [0, 0.05) is 25.1 Å². The zero-order valence-electron chi connectivity index (χ0n) is 27.7. The van der Waals surface area contributed by atoms with Crippen molar-refractivity contribution >= 4 is 23.2 Å². The van der Waals surface area contributed by atoms with Crippen LogP contribution >= 0.6 is 11.3 Å². The summed E-state index contributed by atoms with van der Waals surface area (Å²) < 4.78 is 28.2. The lowest BCUT2D eigenvalue weighted by atomic mass is 9.76. The number of benzene rings is 1. The van der Waals surface area contributed by atoms with Crippen LogP contribution in [0, 0.1) is 12.8 Å². The number of nitrogens with zero attached hydrogens (tertiary/aromatic N) is 3. The van der Waals surface area contributed by atoms with E-state index in [9.17, 15) is 9.59 Å². The van der Waals surface area contributed by atoms with Crippen molar-refractivity contribution in [3.63, 3.8) is 0 Å². The number of likely N-dealkylation sites (tertiary alicyclic amines) is 1. The van der Waals surface area contributed by atoms with Crippen LogP contribution in [-0.2, 0) is 19.1 Å². The lowest BCUT2D eigenvalue weighted by Crippen LogP contribution is -2.60. The smallest absolute Gasteiger partial charge is 0.254 e. The average molecular weight is 658 g/mol. The molecule has 3 heterocycles. The van der Waals surface area contributed by atoms with Crippen molar-refractivity contribution in [3.05, 3.63) is 46.8 Å². The van der Waals surface area contributed by atoms with Gasteiger partial charge >= 0.3 is 0 Å². The third-order valence-electron chi connectivity index (χ3n) is 8.63. The third-order valence-corrected chi connectivity index (χ3v) is 9.61. The molecule has 1 aliphatic rings. The minimum Gasteiger partial charge on any atom is -0.496 e. The Balaban J connectivity index is 1.50. The Hall–Kier alpha value is -3.52. The van der Waals surface area contributed by atoms with E-state index in [0.29, 0.717) is 57.3 Å². The summed E-state index contributed by atoms with van der Waals surface area (Å²) in [4.78, 5) is 34.9. The van der Waals surface area contributed by atoms with Gasteiger partial charge in [0.05, 0.1) is 49.6 Å². The summed E-state index contributed by atoms with van der Waals surface area (Å²) in [5.41, 5.74) is 9.46. The van der Waals surface area contributed by atoms with Gasteiger partial charge in [-0.25, -0.2) is 4.98 Å². The van der Waals surface area contributed by atoms with E-state index in [0.717, 1.165) is 28.2 Å². The number of nitrogens with two attached hydrogens (primary N) is 1. The van der Waals surface area contributed by atoms with Crippen LogP contribution in [0.15, 0.2) is 34.3 Å². The van der Waals surface area contributed by atoms with Gasteiger partial charge in [-0.1, -0.05) is 32.9 Å². The lowest BCUT2D eigenvalue weighted by molar-refractivity contribution is -0.147. The number of methoxy groups -OCH3 is 1. The molecule has 1 fully saturated rings. The fourth-order valence-corrected chi connectivity index (χ4v) is 7.01. The maximum absolute atomic E-state index is 14.4.